The molecule has 1 atom stereocenters. The number of nitrogens with zero attached hydrogens (tertiary/aromatic N) is 1. The molecule has 1 rings (SSSR count). The fraction of sp³-hybridized carbons (Fsp3) is 0.600. The maximum atomic E-state index is 10.1. The number of rotatable bonds is 8. The second-order valence-electron chi connectivity index (χ2n) is 4.83. The fourth-order valence-electron chi connectivity index (χ4n) is 1.96. The fourth-order valence-corrected chi connectivity index (χ4v) is 1.96. The normalized spacial score (nSPS) is 12.4. The number of anilines is 1. The first-order valence-electron chi connectivity index (χ1n) is 6.86. The van der Waals surface area contributed by atoms with Crippen LogP contribution in [0.3, 0.4) is 0 Å². The number of phenols is 1. The number of ether oxygens (including phenoxy) is 1. The summed E-state index contributed by atoms with van der Waals surface area (Å²) >= 11 is 0. The molecular weight excluding hydrogens is 240 g/mol. The lowest BCUT2D eigenvalue weighted by Crippen LogP contribution is -2.22. The van der Waals surface area contributed by atoms with Gasteiger partial charge in [-0.25, -0.2) is 0 Å². The molecule has 0 aliphatic heterocycles. The molecule has 0 bridgehead atoms. The van der Waals surface area contributed by atoms with E-state index in [1.807, 2.05) is 25.2 Å². The van der Waals surface area contributed by atoms with E-state index in [0.29, 0.717) is 12.4 Å². The summed E-state index contributed by atoms with van der Waals surface area (Å²) in [5, 5.41) is 13.5. The van der Waals surface area contributed by atoms with Gasteiger partial charge in [-0.1, -0.05) is 13.0 Å². The van der Waals surface area contributed by atoms with Gasteiger partial charge in [0, 0.05) is 44.1 Å². The number of likely N-dealkylation sites (N-methyl/N-ethyl adjacent to an activating group) is 1. The predicted octanol–water partition coefficient (Wildman–Crippen LogP) is 2.54. The Morgan fingerprint density at radius 3 is 2.74 bits per heavy atom. The summed E-state index contributed by atoms with van der Waals surface area (Å²) in [5.41, 5.74) is 1.94. The second kappa shape index (κ2) is 8.02. The van der Waals surface area contributed by atoms with Crippen molar-refractivity contribution in [3.05, 3.63) is 23.8 Å². The quantitative estimate of drug-likeness (QED) is 0.759. The molecule has 0 radical (unpaired) electrons. The molecule has 0 saturated carbocycles. The van der Waals surface area contributed by atoms with Crippen LogP contribution < -0.4 is 10.2 Å². The summed E-state index contributed by atoms with van der Waals surface area (Å²) in [6, 6.07) is 6.00. The van der Waals surface area contributed by atoms with E-state index >= 15 is 0 Å². The molecule has 0 heterocycles. The summed E-state index contributed by atoms with van der Waals surface area (Å²) in [5.74, 6) is 0.345. The molecule has 0 aliphatic rings. The van der Waals surface area contributed by atoms with E-state index in [-0.39, 0.29) is 6.04 Å². The van der Waals surface area contributed by atoms with E-state index in [1.165, 1.54) is 0 Å². The molecule has 0 saturated heterocycles. The highest BCUT2D eigenvalue weighted by Gasteiger charge is 2.11. The largest absolute Gasteiger partial charge is 0.508 e. The third-order valence-electron chi connectivity index (χ3n) is 3.25. The molecule has 108 valence electrons. The van der Waals surface area contributed by atoms with Crippen LogP contribution in [0, 0.1) is 0 Å². The minimum Gasteiger partial charge on any atom is -0.508 e. The van der Waals surface area contributed by atoms with Gasteiger partial charge < -0.3 is 20.1 Å². The second-order valence-corrected chi connectivity index (χ2v) is 4.83. The van der Waals surface area contributed by atoms with Crippen molar-refractivity contribution in [1.82, 2.24) is 5.32 Å². The molecule has 0 spiro atoms. The Labute approximate surface area is 116 Å². The van der Waals surface area contributed by atoms with Crippen molar-refractivity contribution < 1.29 is 9.84 Å². The smallest absolute Gasteiger partial charge is 0.122 e. The molecule has 0 aliphatic carbocycles. The highest BCUT2D eigenvalue weighted by molar-refractivity contribution is 5.53. The van der Waals surface area contributed by atoms with E-state index in [1.54, 1.807) is 7.11 Å². The van der Waals surface area contributed by atoms with Gasteiger partial charge in [-0.05, 0) is 26.0 Å². The predicted molar refractivity (Wildman–Crippen MR) is 80.0 cm³/mol. The standard InChI is InChI=1S/C15H26N2O2/c1-5-8-16-12(2)14-7-6-13(11-15(14)18)17(3)9-10-19-4/h6-7,11-12,16,18H,5,8-10H2,1-4H3. The van der Waals surface area contributed by atoms with Crippen LogP contribution in [-0.2, 0) is 4.74 Å². The van der Waals surface area contributed by atoms with E-state index in [4.69, 9.17) is 4.74 Å². The van der Waals surface area contributed by atoms with Gasteiger partial charge in [0.15, 0.2) is 0 Å². The lowest BCUT2D eigenvalue weighted by Gasteiger charge is -2.21. The lowest BCUT2D eigenvalue weighted by molar-refractivity contribution is 0.206. The van der Waals surface area contributed by atoms with Gasteiger partial charge in [0.25, 0.3) is 0 Å². The molecule has 1 unspecified atom stereocenters. The Morgan fingerprint density at radius 2 is 2.16 bits per heavy atom. The maximum absolute atomic E-state index is 10.1. The Balaban J connectivity index is 2.73. The van der Waals surface area contributed by atoms with E-state index in [2.05, 4.69) is 24.1 Å². The van der Waals surface area contributed by atoms with Crippen molar-refractivity contribution in [2.24, 2.45) is 0 Å². The monoisotopic (exact) mass is 266 g/mol. The zero-order valence-corrected chi connectivity index (χ0v) is 12.4. The highest BCUT2D eigenvalue weighted by Crippen LogP contribution is 2.28. The van der Waals surface area contributed by atoms with Crippen LogP contribution in [0.25, 0.3) is 0 Å². The first-order valence-corrected chi connectivity index (χ1v) is 6.86. The average molecular weight is 266 g/mol. The topological polar surface area (TPSA) is 44.7 Å². The van der Waals surface area contributed by atoms with Crippen LogP contribution in [0.1, 0.15) is 31.9 Å². The molecule has 0 aromatic heterocycles. The molecule has 1 aromatic carbocycles. The molecule has 0 amide bonds. The average Bonchev–Trinajstić information content (AvgIpc) is 2.41. The SMILES string of the molecule is CCCNC(C)c1ccc(N(C)CCOC)cc1O. The van der Waals surface area contributed by atoms with Crippen LogP contribution in [0.2, 0.25) is 0 Å². The van der Waals surface area contributed by atoms with Crippen molar-refractivity contribution >= 4 is 5.69 Å². The first kappa shape index (κ1) is 15.8. The van der Waals surface area contributed by atoms with Gasteiger partial charge in [0.1, 0.15) is 5.75 Å². The van der Waals surface area contributed by atoms with Crippen LogP contribution in [0.4, 0.5) is 5.69 Å². The number of benzene rings is 1. The Hall–Kier alpha value is -1.26. The number of hydrogen-bond donors (Lipinski definition) is 2. The van der Waals surface area contributed by atoms with Gasteiger partial charge in [-0.2, -0.15) is 0 Å². The number of nitrogens with one attached hydrogen (secondary N) is 1. The molecular formula is C15H26N2O2. The van der Waals surface area contributed by atoms with Gasteiger partial charge in [0.05, 0.1) is 6.61 Å². The minimum absolute atomic E-state index is 0.165. The van der Waals surface area contributed by atoms with Crippen LogP contribution >= 0.6 is 0 Å². The van der Waals surface area contributed by atoms with Crippen molar-refractivity contribution in [1.29, 1.82) is 0 Å². The lowest BCUT2D eigenvalue weighted by atomic mass is 10.1. The van der Waals surface area contributed by atoms with Crippen LogP contribution in [0.5, 0.6) is 5.75 Å². The molecule has 0 fully saturated rings. The van der Waals surface area contributed by atoms with Gasteiger partial charge in [-0.3, -0.25) is 0 Å². The number of phenolic OH excluding ortho intramolecular Hbond substituents is 1. The molecule has 1 aromatic rings. The maximum Gasteiger partial charge on any atom is 0.122 e. The molecule has 4 nitrogen and oxygen atoms in total. The Bertz CT molecular complexity index is 382. The highest BCUT2D eigenvalue weighted by atomic mass is 16.5. The molecule has 4 heteroatoms. The zero-order valence-electron chi connectivity index (χ0n) is 12.4. The Morgan fingerprint density at radius 1 is 1.42 bits per heavy atom. The number of aromatic hydroxyl groups is 1. The van der Waals surface area contributed by atoms with Gasteiger partial charge >= 0.3 is 0 Å². The van der Waals surface area contributed by atoms with E-state index in [0.717, 1.165) is 30.8 Å². The zero-order chi connectivity index (χ0) is 14.3. The number of hydrogen-bond acceptors (Lipinski definition) is 4. The summed E-state index contributed by atoms with van der Waals surface area (Å²) in [7, 11) is 3.68. The third-order valence-corrected chi connectivity index (χ3v) is 3.25. The molecule has 2 N–H and O–H groups in total. The summed E-state index contributed by atoms with van der Waals surface area (Å²) in [6.07, 6.45) is 1.09. The first-order chi connectivity index (χ1) is 9.10. The van der Waals surface area contributed by atoms with Crippen LogP contribution in [-0.4, -0.2) is 39.0 Å². The van der Waals surface area contributed by atoms with Crippen molar-refractivity contribution in [2.45, 2.75) is 26.3 Å². The van der Waals surface area contributed by atoms with Crippen molar-refractivity contribution in [2.75, 3.05) is 38.8 Å². The van der Waals surface area contributed by atoms with Gasteiger partial charge in [-0.15, -0.1) is 0 Å². The summed E-state index contributed by atoms with van der Waals surface area (Å²) in [6.45, 7) is 6.63. The van der Waals surface area contributed by atoms with E-state index in [9.17, 15) is 5.11 Å². The van der Waals surface area contributed by atoms with Crippen molar-refractivity contribution in [3.63, 3.8) is 0 Å². The summed E-state index contributed by atoms with van der Waals surface area (Å²) < 4.78 is 5.06. The summed E-state index contributed by atoms with van der Waals surface area (Å²) in [4.78, 5) is 2.07. The van der Waals surface area contributed by atoms with Crippen LogP contribution in [0.15, 0.2) is 18.2 Å². The minimum atomic E-state index is 0.165. The molecule has 19 heavy (non-hydrogen) atoms. The third kappa shape index (κ3) is 4.73. The van der Waals surface area contributed by atoms with Crippen molar-refractivity contribution in [3.8, 4) is 5.75 Å². The Kier molecular flexibility index (Phi) is 6.67. The van der Waals surface area contributed by atoms with Gasteiger partial charge in [0.2, 0.25) is 0 Å². The van der Waals surface area contributed by atoms with E-state index < -0.39 is 0 Å². The number of methoxy groups -OCH3 is 1.